The lowest BCUT2D eigenvalue weighted by atomic mass is 10.2. The van der Waals surface area contributed by atoms with Gasteiger partial charge in [-0.3, -0.25) is 9.59 Å². The van der Waals surface area contributed by atoms with Crippen LogP contribution in [0, 0.1) is 6.92 Å². The van der Waals surface area contributed by atoms with Crippen molar-refractivity contribution in [2.75, 3.05) is 10.6 Å². The minimum Gasteiger partial charge on any atom is -0.326 e. The van der Waals surface area contributed by atoms with Gasteiger partial charge in [0.2, 0.25) is 11.8 Å². The SMILES string of the molecule is CCn1c(CC(=O)Nc2cccc(C(F)(F)F)c2)nnc1S[C@H](C)C(=O)Nc1nc(C)cs1. The molecule has 176 valence electrons. The molecule has 0 aliphatic heterocycles. The average Bonchev–Trinajstić information content (AvgIpc) is 3.32. The molecule has 1 atom stereocenters. The lowest BCUT2D eigenvalue weighted by Crippen LogP contribution is -2.23. The topological polar surface area (TPSA) is 102 Å². The van der Waals surface area contributed by atoms with Crippen LogP contribution >= 0.6 is 23.1 Å². The van der Waals surface area contributed by atoms with Gasteiger partial charge in [0.1, 0.15) is 5.82 Å². The summed E-state index contributed by atoms with van der Waals surface area (Å²) >= 11 is 2.51. The van der Waals surface area contributed by atoms with E-state index in [1.54, 1.807) is 11.5 Å². The van der Waals surface area contributed by atoms with Gasteiger partial charge in [0.25, 0.3) is 0 Å². The van der Waals surface area contributed by atoms with Crippen LogP contribution in [0.15, 0.2) is 34.8 Å². The predicted molar refractivity (Wildman–Crippen MR) is 120 cm³/mol. The Hall–Kier alpha value is -2.93. The zero-order valence-electron chi connectivity index (χ0n) is 17.9. The van der Waals surface area contributed by atoms with E-state index in [-0.39, 0.29) is 18.0 Å². The van der Waals surface area contributed by atoms with Gasteiger partial charge in [-0.25, -0.2) is 4.98 Å². The van der Waals surface area contributed by atoms with Gasteiger partial charge in [-0.2, -0.15) is 13.2 Å². The van der Waals surface area contributed by atoms with Crippen LogP contribution in [0.4, 0.5) is 24.0 Å². The maximum Gasteiger partial charge on any atom is 0.416 e. The lowest BCUT2D eigenvalue weighted by molar-refractivity contribution is -0.137. The van der Waals surface area contributed by atoms with Gasteiger partial charge in [-0.05, 0) is 39.0 Å². The van der Waals surface area contributed by atoms with E-state index in [0.29, 0.717) is 22.7 Å². The number of carbonyl (C=O) groups excluding carboxylic acids is 2. The molecule has 33 heavy (non-hydrogen) atoms. The largest absolute Gasteiger partial charge is 0.416 e. The third kappa shape index (κ3) is 6.54. The summed E-state index contributed by atoms with van der Waals surface area (Å²) in [4.78, 5) is 29.1. The quantitative estimate of drug-likeness (QED) is 0.447. The van der Waals surface area contributed by atoms with E-state index >= 15 is 0 Å². The van der Waals surface area contributed by atoms with Crippen LogP contribution in [-0.4, -0.2) is 36.8 Å². The first kappa shape index (κ1) is 24.7. The predicted octanol–water partition coefficient (Wildman–Crippen LogP) is 4.38. The monoisotopic (exact) mass is 498 g/mol. The van der Waals surface area contributed by atoms with Crippen molar-refractivity contribution < 1.29 is 22.8 Å². The van der Waals surface area contributed by atoms with Crippen molar-refractivity contribution in [1.82, 2.24) is 19.7 Å². The number of hydrogen-bond donors (Lipinski definition) is 2. The summed E-state index contributed by atoms with van der Waals surface area (Å²) in [5, 5.41) is 15.6. The van der Waals surface area contributed by atoms with E-state index in [4.69, 9.17) is 0 Å². The number of rotatable bonds is 8. The average molecular weight is 499 g/mol. The molecule has 2 heterocycles. The van der Waals surface area contributed by atoms with Crippen molar-refractivity contribution in [3.63, 3.8) is 0 Å². The maximum atomic E-state index is 12.9. The highest BCUT2D eigenvalue weighted by atomic mass is 32.2. The number of carbonyl (C=O) groups is 2. The fourth-order valence-corrected chi connectivity index (χ4v) is 4.43. The molecule has 0 bridgehead atoms. The van der Waals surface area contributed by atoms with Gasteiger partial charge in [-0.15, -0.1) is 21.5 Å². The molecule has 0 spiro atoms. The summed E-state index contributed by atoms with van der Waals surface area (Å²) in [7, 11) is 0. The molecule has 8 nitrogen and oxygen atoms in total. The number of nitrogens with one attached hydrogen (secondary N) is 2. The molecular weight excluding hydrogens is 477 g/mol. The fourth-order valence-electron chi connectivity index (χ4n) is 2.81. The number of alkyl halides is 3. The number of nitrogens with zero attached hydrogens (tertiary/aromatic N) is 4. The second kappa shape index (κ2) is 10.3. The van der Waals surface area contributed by atoms with Crippen molar-refractivity contribution in [3.05, 3.63) is 46.7 Å². The fraction of sp³-hybridized carbons (Fsp3) is 0.350. The van der Waals surface area contributed by atoms with Crippen molar-refractivity contribution in [2.45, 2.75) is 50.3 Å². The lowest BCUT2D eigenvalue weighted by Gasteiger charge is -2.12. The number of thioether (sulfide) groups is 1. The van der Waals surface area contributed by atoms with Crippen LogP contribution in [0.2, 0.25) is 0 Å². The first-order chi connectivity index (χ1) is 15.6. The number of benzene rings is 1. The summed E-state index contributed by atoms with van der Waals surface area (Å²) in [5.74, 6) is -0.436. The second-order valence-corrected chi connectivity index (χ2v) is 9.16. The Morgan fingerprint density at radius 3 is 2.64 bits per heavy atom. The molecule has 0 saturated carbocycles. The van der Waals surface area contributed by atoms with Crippen molar-refractivity contribution in [1.29, 1.82) is 0 Å². The van der Waals surface area contributed by atoms with Crippen molar-refractivity contribution in [2.24, 2.45) is 0 Å². The van der Waals surface area contributed by atoms with Crippen molar-refractivity contribution >= 4 is 45.7 Å². The number of thiazole rings is 1. The standard InChI is InChI=1S/C20H21F3N6O2S2/c1-4-29-15(9-16(30)25-14-7-5-6-13(8-14)20(21,22)23)27-28-19(29)33-12(3)17(31)26-18-24-11(2)10-32-18/h5-8,10,12H,4,9H2,1-3H3,(H,25,30)(H,24,26,31)/t12-/m1/s1. The van der Waals surface area contributed by atoms with Gasteiger partial charge < -0.3 is 15.2 Å². The molecule has 1 aromatic carbocycles. The summed E-state index contributed by atoms with van der Waals surface area (Å²) < 4.78 is 40.3. The van der Waals surface area contributed by atoms with E-state index in [9.17, 15) is 22.8 Å². The Balaban J connectivity index is 1.64. The second-order valence-electron chi connectivity index (χ2n) is 6.99. The number of aromatic nitrogens is 4. The molecule has 0 aliphatic carbocycles. The van der Waals surface area contributed by atoms with Crippen LogP contribution in [0.3, 0.4) is 0 Å². The first-order valence-corrected chi connectivity index (χ1v) is 11.6. The number of amides is 2. The highest BCUT2D eigenvalue weighted by Crippen LogP contribution is 2.30. The zero-order valence-corrected chi connectivity index (χ0v) is 19.6. The highest BCUT2D eigenvalue weighted by Gasteiger charge is 2.30. The van der Waals surface area contributed by atoms with Gasteiger partial charge in [0.05, 0.1) is 22.9 Å². The highest BCUT2D eigenvalue weighted by molar-refractivity contribution is 8.00. The van der Waals surface area contributed by atoms with Crippen molar-refractivity contribution in [3.8, 4) is 0 Å². The number of halogens is 3. The zero-order chi connectivity index (χ0) is 24.2. The Labute approximate surface area is 196 Å². The van der Waals surface area contributed by atoms with Gasteiger partial charge in [0, 0.05) is 17.6 Å². The van der Waals surface area contributed by atoms with Crippen LogP contribution in [0.25, 0.3) is 0 Å². The van der Waals surface area contributed by atoms with E-state index in [0.717, 1.165) is 17.8 Å². The molecule has 2 amide bonds. The normalized spacial score (nSPS) is 12.4. The molecule has 3 rings (SSSR count). The third-order valence-corrected chi connectivity index (χ3v) is 6.36. The molecule has 0 fully saturated rings. The van der Waals surface area contributed by atoms with Gasteiger partial charge >= 0.3 is 6.18 Å². The molecule has 3 aromatic rings. The summed E-state index contributed by atoms with van der Waals surface area (Å²) in [6.07, 6.45) is -4.69. The van der Waals surface area contributed by atoms with E-state index < -0.39 is 22.9 Å². The number of aryl methyl sites for hydroxylation is 1. The van der Waals surface area contributed by atoms with Gasteiger partial charge in [0.15, 0.2) is 10.3 Å². The van der Waals surface area contributed by atoms with Crippen LogP contribution in [0.5, 0.6) is 0 Å². The Morgan fingerprint density at radius 1 is 1.24 bits per heavy atom. The number of anilines is 2. The molecule has 0 saturated heterocycles. The van der Waals surface area contributed by atoms with Crippen LogP contribution in [0.1, 0.15) is 30.9 Å². The maximum absolute atomic E-state index is 12.9. The van der Waals surface area contributed by atoms with Crippen LogP contribution in [-0.2, 0) is 28.7 Å². The Kier molecular flexibility index (Phi) is 7.74. The molecule has 0 aliphatic rings. The molecule has 0 unspecified atom stereocenters. The smallest absolute Gasteiger partial charge is 0.326 e. The first-order valence-electron chi connectivity index (χ1n) is 9.85. The Morgan fingerprint density at radius 2 is 2.00 bits per heavy atom. The van der Waals surface area contributed by atoms with E-state index in [1.807, 2.05) is 19.2 Å². The molecule has 0 radical (unpaired) electrons. The molecular formula is C20H21F3N6O2S2. The van der Waals surface area contributed by atoms with Crippen LogP contribution < -0.4 is 10.6 Å². The molecule has 13 heteroatoms. The minimum absolute atomic E-state index is 0.0368. The number of hydrogen-bond acceptors (Lipinski definition) is 7. The summed E-state index contributed by atoms with van der Waals surface area (Å²) in [5.41, 5.74) is -0.0000263. The third-order valence-electron chi connectivity index (χ3n) is 4.40. The minimum atomic E-state index is -4.50. The Bertz CT molecular complexity index is 1150. The van der Waals surface area contributed by atoms with E-state index in [2.05, 4.69) is 25.8 Å². The molecule has 2 N–H and O–H groups in total. The summed E-state index contributed by atoms with van der Waals surface area (Å²) in [6.45, 7) is 5.83. The summed E-state index contributed by atoms with van der Waals surface area (Å²) in [6, 6.07) is 4.40. The van der Waals surface area contributed by atoms with Gasteiger partial charge in [-0.1, -0.05) is 17.8 Å². The van der Waals surface area contributed by atoms with E-state index in [1.165, 1.54) is 35.2 Å². The molecule has 2 aromatic heterocycles.